The zero-order valence-electron chi connectivity index (χ0n) is 9.12. The summed E-state index contributed by atoms with van der Waals surface area (Å²) < 4.78 is 14.1. The number of alkyl halides is 1. The number of hydrogen-bond donors (Lipinski definition) is 3. The molecule has 16 heavy (non-hydrogen) atoms. The van der Waals surface area contributed by atoms with Crippen LogP contribution in [0.4, 0.5) is 10.1 Å². The second-order valence-corrected chi connectivity index (χ2v) is 4.55. The van der Waals surface area contributed by atoms with Crippen molar-refractivity contribution in [2.45, 2.75) is 31.0 Å². The van der Waals surface area contributed by atoms with Crippen LogP contribution in [0.25, 0.3) is 0 Å². The lowest BCUT2D eigenvalue weighted by atomic mass is 10.0. The predicted octanol–water partition coefficient (Wildman–Crippen LogP) is 2.02. The van der Waals surface area contributed by atoms with E-state index in [0.29, 0.717) is 12.8 Å². The van der Waals surface area contributed by atoms with Gasteiger partial charge in [0.2, 0.25) is 0 Å². The van der Waals surface area contributed by atoms with Crippen molar-refractivity contribution >= 4 is 5.69 Å². The maximum absolute atomic E-state index is 14.1. The fraction of sp³-hybridized carbons (Fsp3) is 0.500. The molecule has 1 aliphatic carbocycles. The molecule has 4 N–H and O–H groups in total. The van der Waals surface area contributed by atoms with Gasteiger partial charge in [0.25, 0.3) is 0 Å². The summed E-state index contributed by atoms with van der Waals surface area (Å²) in [5.74, 6) is 0.211. The SMILES string of the molecule is NC1CCC(F)(CNc2ccc(O)cc2)C1. The van der Waals surface area contributed by atoms with Gasteiger partial charge in [0.1, 0.15) is 11.4 Å². The van der Waals surface area contributed by atoms with Gasteiger partial charge in [0, 0.05) is 18.3 Å². The monoisotopic (exact) mass is 224 g/mol. The summed E-state index contributed by atoms with van der Waals surface area (Å²) in [6.07, 6.45) is 1.71. The summed E-state index contributed by atoms with van der Waals surface area (Å²) in [5.41, 5.74) is 5.33. The first-order valence-electron chi connectivity index (χ1n) is 5.55. The van der Waals surface area contributed by atoms with Crippen LogP contribution in [0.3, 0.4) is 0 Å². The highest BCUT2D eigenvalue weighted by Gasteiger charge is 2.37. The van der Waals surface area contributed by atoms with Crippen molar-refractivity contribution in [1.29, 1.82) is 0 Å². The van der Waals surface area contributed by atoms with Gasteiger partial charge >= 0.3 is 0 Å². The Balaban J connectivity index is 1.90. The van der Waals surface area contributed by atoms with Gasteiger partial charge < -0.3 is 16.2 Å². The molecule has 0 aliphatic heterocycles. The summed E-state index contributed by atoms with van der Waals surface area (Å²) in [4.78, 5) is 0. The minimum absolute atomic E-state index is 0.00776. The highest BCUT2D eigenvalue weighted by atomic mass is 19.1. The third-order valence-electron chi connectivity index (χ3n) is 3.07. The van der Waals surface area contributed by atoms with Gasteiger partial charge in [0.05, 0.1) is 0 Å². The van der Waals surface area contributed by atoms with E-state index in [2.05, 4.69) is 5.32 Å². The van der Waals surface area contributed by atoms with Gasteiger partial charge in [-0.3, -0.25) is 0 Å². The van der Waals surface area contributed by atoms with Crippen molar-refractivity contribution < 1.29 is 9.50 Å². The molecule has 0 aromatic heterocycles. The fourth-order valence-electron chi connectivity index (χ4n) is 2.12. The first-order valence-corrected chi connectivity index (χ1v) is 5.55. The van der Waals surface area contributed by atoms with Gasteiger partial charge in [-0.25, -0.2) is 4.39 Å². The zero-order chi connectivity index (χ0) is 11.6. The van der Waals surface area contributed by atoms with Crippen LogP contribution in [0.5, 0.6) is 5.75 Å². The topological polar surface area (TPSA) is 58.3 Å². The first kappa shape index (κ1) is 11.2. The highest BCUT2D eigenvalue weighted by Crippen LogP contribution is 2.33. The lowest BCUT2D eigenvalue weighted by molar-refractivity contribution is 0.187. The van der Waals surface area contributed by atoms with Gasteiger partial charge in [-0.15, -0.1) is 0 Å². The quantitative estimate of drug-likeness (QED) is 0.688. The number of nitrogens with two attached hydrogens (primary N) is 1. The highest BCUT2D eigenvalue weighted by molar-refractivity contribution is 5.46. The van der Waals surface area contributed by atoms with E-state index in [1.54, 1.807) is 24.3 Å². The van der Waals surface area contributed by atoms with E-state index in [0.717, 1.165) is 12.1 Å². The zero-order valence-corrected chi connectivity index (χ0v) is 9.12. The van der Waals surface area contributed by atoms with E-state index in [9.17, 15) is 4.39 Å². The normalized spacial score (nSPS) is 29.2. The van der Waals surface area contributed by atoms with Crippen LogP contribution in [0.2, 0.25) is 0 Å². The molecule has 1 aromatic rings. The second-order valence-electron chi connectivity index (χ2n) is 4.55. The maximum atomic E-state index is 14.1. The Labute approximate surface area is 94.5 Å². The van der Waals surface area contributed by atoms with Gasteiger partial charge in [-0.2, -0.15) is 0 Å². The molecule has 0 amide bonds. The lowest BCUT2D eigenvalue weighted by Crippen LogP contribution is -2.31. The Bertz CT molecular complexity index is 355. The molecule has 88 valence electrons. The largest absolute Gasteiger partial charge is 0.508 e. The van der Waals surface area contributed by atoms with Crippen molar-refractivity contribution in [2.24, 2.45) is 5.73 Å². The van der Waals surface area contributed by atoms with Crippen molar-refractivity contribution in [1.82, 2.24) is 0 Å². The maximum Gasteiger partial charge on any atom is 0.129 e. The third kappa shape index (κ3) is 2.64. The number of benzene rings is 1. The molecule has 2 unspecified atom stereocenters. The molecule has 1 fully saturated rings. The molecule has 0 saturated heterocycles. The van der Waals surface area contributed by atoms with Crippen molar-refractivity contribution in [2.75, 3.05) is 11.9 Å². The van der Waals surface area contributed by atoms with Crippen LogP contribution in [-0.4, -0.2) is 23.4 Å². The number of anilines is 1. The van der Waals surface area contributed by atoms with Crippen molar-refractivity contribution in [3.63, 3.8) is 0 Å². The standard InChI is InChI=1S/C12H17FN2O/c13-12(6-5-9(14)7-12)8-15-10-1-3-11(16)4-2-10/h1-4,9,15-16H,5-8,14H2. The van der Waals surface area contributed by atoms with Crippen molar-refractivity contribution in [3.05, 3.63) is 24.3 Å². The number of phenolic OH excluding ortho intramolecular Hbond substituents is 1. The summed E-state index contributed by atoms with van der Waals surface area (Å²) in [7, 11) is 0. The number of rotatable bonds is 3. The molecule has 4 heteroatoms. The molecule has 1 aromatic carbocycles. The number of aromatic hydroxyl groups is 1. The van der Waals surface area contributed by atoms with Crippen LogP contribution in [0.15, 0.2) is 24.3 Å². The number of hydrogen-bond acceptors (Lipinski definition) is 3. The Kier molecular flexibility index (Phi) is 3.01. The van der Waals surface area contributed by atoms with Gasteiger partial charge in [-0.05, 0) is 43.5 Å². The van der Waals surface area contributed by atoms with Crippen LogP contribution < -0.4 is 11.1 Å². The summed E-state index contributed by atoms with van der Waals surface area (Å²) in [6.45, 7) is 0.283. The van der Waals surface area contributed by atoms with E-state index >= 15 is 0 Å². The molecule has 3 nitrogen and oxygen atoms in total. The molecular formula is C12H17FN2O. The van der Waals surface area contributed by atoms with Crippen molar-refractivity contribution in [3.8, 4) is 5.75 Å². The molecule has 0 spiro atoms. The predicted molar refractivity (Wildman–Crippen MR) is 62.3 cm³/mol. The number of nitrogens with one attached hydrogen (secondary N) is 1. The Morgan fingerprint density at radius 1 is 1.44 bits per heavy atom. The van der Waals surface area contributed by atoms with E-state index in [1.807, 2.05) is 0 Å². The molecule has 1 aliphatic rings. The smallest absolute Gasteiger partial charge is 0.129 e. The summed E-state index contributed by atoms with van der Waals surface area (Å²) in [6, 6.07) is 6.61. The summed E-state index contributed by atoms with van der Waals surface area (Å²) in [5, 5.41) is 12.1. The van der Waals surface area contributed by atoms with Crippen LogP contribution >= 0.6 is 0 Å². The van der Waals surface area contributed by atoms with E-state index in [1.165, 1.54) is 0 Å². The van der Waals surface area contributed by atoms with Crippen LogP contribution in [-0.2, 0) is 0 Å². The molecule has 2 rings (SSSR count). The average molecular weight is 224 g/mol. The number of phenols is 1. The molecule has 0 heterocycles. The van der Waals surface area contributed by atoms with Crippen LogP contribution in [0, 0.1) is 0 Å². The second kappa shape index (κ2) is 4.29. The summed E-state index contributed by atoms with van der Waals surface area (Å²) >= 11 is 0. The molecule has 2 atom stereocenters. The van der Waals surface area contributed by atoms with E-state index in [-0.39, 0.29) is 18.3 Å². The minimum atomic E-state index is -1.18. The van der Waals surface area contributed by atoms with Gasteiger partial charge in [-0.1, -0.05) is 0 Å². The molecule has 1 saturated carbocycles. The lowest BCUT2D eigenvalue weighted by Gasteiger charge is -2.20. The van der Waals surface area contributed by atoms with Crippen LogP contribution in [0.1, 0.15) is 19.3 Å². The van der Waals surface area contributed by atoms with E-state index in [4.69, 9.17) is 10.8 Å². The third-order valence-corrected chi connectivity index (χ3v) is 3.07. The Morgan fingerprint density at radius 2 is 2.12 bits per heavy atom. The first-order chi connectivity index (χ1) is 7.57. The average Bonchev–Trinajstić information content (AvgIpc) is 2.59. The Morgan fingerprint density at radius 3 is 2.69 bits per heavy atom. The number of halogens is 1. The minimum Gasteiger partial charge on any atom is -0.508 e. The molecular weight excluding hydrogens is 207 g/mol. The Hall–Kier alpha value is -1.29. The van der Waals surface area contributed by atoms with Gasteiger partial charge in [0.15, 0.2) is 0 Å². The fourth-order valence-corrected chi connectivity index (χ4v) is 2.12. The molecule has 0 bridgehead atoms. The molecule has 0 radical (unpaired) electrons. The van der Waals surface area contributed by atoms with E-state index < -0.39 is 5.67 Å².